The molecule has 0 atom stereocenters. The average molecular weight is 229 g/mol. The van der Waals surface area contributed by atoms with Crippen LogP contribution in [0.1, 0.15) is 66.2 Å². The van der Waals surface area contributed by atoms with Crippen molar-refractivity contribution in [2.45, 2.75) is 71.8 Å². The lowest BCUT2D eigenvalue weighted by molar-refractivity contribution is -0.0603. The lowest BCUT2D eigenvalue weighted by atomic mass is 9.92. The molecule has 0 radical (unpaired) electrons. The highest BCUT2D eigenvalue weighted by Crippen LogP contribution is 2.25. The molecule has 0 saturated heterocycles. The zero-order valence-corrected chi connectivity index (χ0v) is 11.7. The van der Waals surface area contributed by atoms with Gasteiger partial charge in [-0.2, -0.15) is 0 Å². The van der Waals surface area contributed by atoms with Gasteiger partial charge in [-0.1, -0.05) is 40.5 Å². The van der Waals surface area contributed by atoms with Gasteiger partial charge in [0.05, 0.1) is 5.60 Å². The second-order valence-electron chi connectivity index (χ2n) is 4.75. The van der Waals surface area contributed by atoms with Gasteiger partial charge in [-0.25, -0.2) is 0 Å². The molecule has 0 spiro atoms. The van der Waals surface area contributed by atoms with E-state index in [1.54, 1.807) is 0 Å². The third-order valence-corrected chi connectivity index (χ3v) is 3.98. The first kappa shape index (κ1) is 15.9. The molecule has 0 aliphatic heterocycles. The molecule has 0 aromatic rings. The summed E-state index contributed by atoms with van der Waals surface area (Å²) in [5.41, 5.74) is 5.71. The highest BCUT2D eigenvalue weighted by molar-refractivity contribution is 4.78. The van der Waals surface area contributed by atoms with Crippen molar-refractivity contribution in [1.82, 2.24) is 0 Å². The maximum Gasteiger partial charge on any atom is 0.0689 e. The molecule has 0 aliphatic carbocycles. The van der Waals surface area contributed by atoms with Crippen LogP contribution >= 0.6 is 0 Å². The summed E-state index contributed by atoms with van der Waals surface area (Å²) in [6.45, 7) is 10.6. The Morgan fingerprint density at radius 2 is 1.62 bits per heavy atom. The van der Waals surface area contributed by atoms with Gasteiger partial charge < -0.3 is 10.5 Å². The van der Waals surface area contributed by atoms with E-state index < -0.39 is 0 Å². The van der Waals surface area contributed by atoms with Crippen molar-refractivity contribution in [3.05, 3.63) is 0 Å². The number of ether oxygens (including phenoxy) is 1. The normalized spacial score (nSPS) is 12.4. The molecular weight excluding hydrogens is 198 g/mol. The van der Waals surface area contributed by atoms with Gasteiger partial charge >= 0.3 is 0 Å². The van der Waals surface area contributed by atoms with E-state index in [0.29, 0.717) is 0 Å². The van der Waals surface area contributed by atoms with Crippen molar-refractivity contribution in [1.29, 1.82) is 0 Å². The van der Waals surface area contributed by atoms with Gasteiger partial charge in [0.25, 0.3) is 0 Å². The quantitative estimate of drug-likeness (QED) is 0.619. The topological polar surface area (TPSA) is 35.2 Å². The van der Waals surface area contributed by atoms with E-state index in [2.05, 4.69) is 27.7 Å². The summed E-state index contributed by atoms with van der Waals surface area (Å²) in [5, 5.41) is 0. The summed E-state index contributed by atoms with van der Waals surface area (Å²) in [7, 11) is 0. The minimum absolute atomic E-state index is 0.0424. The molecular formula is C14H31NO. The molecule has 0 heterocycles. The van der Waals surface area contributed by atoms with Crippen LogP contribution in [0.25, 0.3) is 0 Å². The molecule has 0 saturated carbocycles. The largest absolute Gasteiger partial charge is 0.375 e. The molecule has 0 fully saturated rings. The molecule has 0 unspecified atom stereocenters. The lowest BCUT2D eigenvalue weighted by Crippen LogP contribution is -2.34. The monoisotopic (exact) mass is 229 g/mol. The van der Waals surface area contributed by atoms with Gasteiger partial charge in [0.15, 0.2) is 0 Å². The first-order valence-electron chi connectivity index (χ1n) is 7.01. The second-order valence-corrected chi connectivity index (χ2v) is 4.75. The minimum atomic E-state index is 0.0424. The van der Waals surface area contributed by atoms with Crippen LogP contribution in [0.4, 0.5) is 0 Å². The Balaban J connectivity index is 4.01. The molecule has 0 rings (SSSR count). The van der Waals surface area contributed by atoms with Crippen LogP contribution in [-0.2, 0) is 4.74 Å². The average Bonchev–Trinajstić information content (AvgIpc) is 2.33. The lowest BCUT2D eigenvalue weighted by Gasteiger charge is -2.32. The molecule has 2 N–H and O–H groups in total. The van der Waals surface area contributed by atoms with E-state index in [-0.39, 0.29) is 5.60 Å². The summed E-state index contributed by atoms with van der Waals surface area (Å²) in [6, 6.07) is 0. The number of hydrogen-bond acceptors (Lipinski definition) is 2. The second kappa shape index (κ2) is 9.00. The van der Waals surface area contributed by atoms with Crippen molar-refractivity contribution in [2.75, 3.05) is 13.2 Å². The first-order valence-corrected chi connectivity index (χ1v) is 7.01. The smallest absolute Gasteiger partial charge is 0.0689 e. The van der Waals surface area contributed by atoms with E-state index in [1.165, 1.54) is 19.3 Å². The summed E-state index contributed by atoms with van der Waals surface area (Å²) >= 11 is 0. The highest BCUT2D eigenvalue weighted by Gasteiger charge is 2.25. The molecule has 2 nitrogen and oxygen atoms in total. The third kappa shape index (κ3) is 5.31. The maximum absolute atomic E-state index is 6.12. The van der Waals surface area contributed by atoms with Crippen LogP contribution in [0.15, 0.2) is 0 Å². The fourth-order valence-corrected chi connectivity index (χ4v) is 2.28. The minimum Gasteiger partial charge on any atom is -0.375 e. The highest BCUT2D eigenvalue weighted by atomic mass is 16.5. The van der Waals surface area contributed by atoms with Crippen molar-refractivity contribution >= 4 is 0 Å². The van der Waals surface area contributed by atoms with Crippen molar-refractivity contribution in [2.24, 2.45) is 11.7 Å². The van der Waals surface area contributed by atoms with Gasteiger partial charge in [-0.05, 0) is 38.1 Å². The van der Waals surface area contributed by atoms with E-state index in [1.807, 2.05) is 0 Å². The molecule has 0 aliphatic rings. The van der Waals surface area contributed by atoms with Gasteiger partial charge in [0, 0.05) is 6.61 Å². The zero-order chi connectivity index (χ0) is 12.4. The SMILES string of the molecule is CCC(CC)CCOC(CC)(CC)CCN. The standard InChI is InChI=1S/C14H31NO/c1-5-13(6-2)9-12-16-14(7-3,8-4)10-11-15/h13H,5-12,15H2,1-4H3. The van der Waals surface area contributed by atoms with Crippen LogP contribution in [0, 0.1) is 5.92 Å². The first-order chi connectivity index (χ1) is 7.67. The zero-order valence-electron chi connectivity index (χ0n) is 11.7. The summed E-state index contributed by atoms with van der Waals surface area (Å²) in [4.78, 5) is 0. The third-order valence-electron chi connectivity index (χ3n) is 3.98. The Morgan fingerprint density at radius 1 is 1.06 bits per heavy atom. The van der Waals surface area contributed by atoms with Crippen molar-refractivity contribution < 1.29 is 4.74 Å². The summed E-state index contributed by atoms with van der Waals surface area (Å²) < 4.78 is 6.12. The molecule has 0 bridgehead atoms. The predicted molar refractivity (Wildman–Crippen MR) is 71.6 cm³/mol. The van der Waals surface area contributed by atoms with Crippen LogP contribution in [0.5, 0.6) is 0 Å². The van der Waals surface area contributed by atoms with E-state index in [0.717, 1.165) is 38.3 Å². The van der Waals surface area contributed by atoms with E-state index >= 15 is 0 Å². The Morgan fingerprint density at radius 3 is 2.00 bits per heavy atom. The van der Waals surface area contributed by atoms with Crippen molar-refractivity contribution in [3.63, 3.8) is 0 Å². The number of nitrogens with two attached hydrogens (primary N) is 1. The Kier molecular flexibility index (Phi) is 8.96. The number of rotatable bonds is 10. The Bertz CT molecular complexity index is 151. The van der Waals surface area contributed by atoms with Crippen LogP contribution < -0.4 is 5.73 Å². The van der Waals surface area contributed by atoms with Crippen LogP contribution in [0.3, 0.4) is 0 Å². The Hall–Kier alpha value is -0.0800. The fraction of sp³-hybridized carbons (Fsp3) is 1.00. The fourth-order valence-electron chi connectivity index (χ4n) is 2.28. The maximum atomic E-state index is 6.12. The molecule has 0 aromatic heterocycles. The van der Waals surface area contributed by atoms with E-state index in [9.17, 15) is 0 Å². The number of hydrogen-bond donors (Lipinski definition) is 1. The van der Waals surface area contributed by atoms with E-state index in [4.69, 9.17) is 10.5 Å². The molecule has 98 valence electrons. The molecule has 0 aromatic carbocycles. The summed E-state index contributed by atoms with van der Waals surface area (Å²) in [6.07, 6.45) is 6.86. The summed E-state index contributed by atoms with van der Waals surface area (Å²) in [5.74, 6) is 0.823. The molecule has 16 heavy (non-hydrogen) atoms. The van der Waals surface area contributed by atoms with Gasteiger partial charge in [-0.15, -0.1) is 0 Å². The predicted octanol–water partition coefficient (Wildman–Crippen LogP) is 3.74. The molecule has 2 heteroatoms. The van der Waals surface area contributed by atoms with Crippen molar-refractivity contribution in [3.8, 4) is 0 Å². The van der Waals surface area contributed by atoms with Gasteiger partial charge in [0.1, 0.15) is 0 Å². The van der Waals surface area contributed by atoms with Crippen LogP contribution in [0.2, 0.25) is 0 Å². The Labute approximate surface area is 102 Å². The van der Waals surface area contributed by atoms with Gasteiger partial charge in [0.2, 0.25) is 0 Å². The van der Waals surface area contributed by atoms with Gasteiger partial charge in [-0.3, -0.25) is 0 Å². The molecule has 0 amide bonds. The van der Waals surface area contributed by atoms with Crippen LogP contribution in [-0.4, -0.2) is 18.8 Å².